The number of ketones is 1. The van der Waals surface area contributed by atoms with Crippen LogP contribution >= 0.6 is 11.6 Å². The molecule has 0 spiro atoms. The topological polar surface area (TPSA) is 17.1 Å². The van der Waals surface area contributed by atoms with E-state index in [0.29, 0.717) is 18.6 Å². The lowest BCUT2D eigenvalue weighted by Crippen LogP contribution is -1.88. The fourth-order valence-corrected chi connectivity index (χ4v) is 1.41. The van der Waals surface area contributed by atoms with Crippen LogP contribution < -0.4 is 0 Å². The zero-order chi connectivity index (χ0) is 13.1. The molecule has 1 nitrogen and oxygen atoms in total. The number of unbranched alkanes of at least 4 members (excludes halogenated alkanes) is 1. The van der Waals surface area contributed by atoms with Crippen LogP contribution in [-0.2, 0) is 11.2 Å². The molecule has 0 atom stereocenters. The summed E-state index contributed by atoms with van der Waals surface area (Å²) in [5, 5.41) is 0.824. The number of hydrogen-bond acceptors (Lipinski definition) is 1. The molecule has 0 aliphatic rings. The Kier molecular flexibility index (Phi) is 9.84. The zero-order valence-corrected chi connectivity index (χ0v) is 11.9. The molecule has 0 fully saturated rings. The summed E-state index contributed by atoms with van der Waals surface area (Å²) in [5.41, 5.74) is 1.39. The molecule has 0 bridgehead atoms. The van der Waals surface area contributed by atoms with Gasteiger partial charge in [0.05, 0.1) is 0 Å². The van der Waals surface area contributed by atoms with Gasteiger partial charge in [-0.25, -0.2) is 0 Å². The van der Waals surface area contributed by atoms with Gasteiger partial charge in [0.15, 0.2) is 0 Å². The van der Waals surface area contributed by atoms with Crippen molar-refractivity contribution in [3.8, 4) is 0 Å². The average molecular weight is 255 g/mol. The highest BCUT2D eigenvalue weighted by Gasteiger charge is 1.91. The van der Waals surface area contributed by atoms with Crippen molar-refractivity contribution in [2.24, 2.45) is 0 Å². The maximum Gasteiger partial charge on any atom is 0.132 e. The molecule has 1 rings (SSSR count). The first-order valence-electron chi connectivity index (χ1n) is 6.40. The van der Waals surface area contributed by atoms with Crippen LogP contribution in [0.2, 0.25) is 5.02 Å². The normalized spacial score (nSPS) is 9.41. The summed E-state index contributed by atoms with van der Waals surface area (Å²) in [6, 6.07) is 8.09. The Morgan fingerprint density at radius 1 is 1.06 bits per heavy atom. The van der Waals surface area contributed by atoms with E-state index in [0.717, 1.165) is 5.02 Å². The van der Waals surface area contributed by atoms with Crippen LogP contribution in [0.4, 0.5) is 0 Å². The highest BCUT2D eigenvalue weighted by atomic mass is 35.5. The Morgan fingerprint density at radius 3 is 1.94 bits per heavy atom. The van der Waals surface area contributed by atoms with E-state index in [9.17, 15) is 4.79 Å². The summed E-state index contributed by atoms with van der Waals surface area (Å²) in [6.45, 7) is 5.97. The van der Waals surface area contributed by atoms with Gasteiger partial charge in [-0.2, -0.15) is 0 Å². The van der Waals surface area contributed by atoms with Crippen molar-refractivity contribution in [1.82, 2.24) is 0 Å². The molecule has 1 aromatic carbocycles. The monoisotopic (exact) mass is 254 g/mol. The molecule has 2 heteroatoms. The molecule has 0 aromatic heterocycles. The fourth-order valence-electron chi connectivity index (χ4n) is 1.28. The zero-order valence-electron chi connectivity index (χ0n) is 11.1. The highest BCUT2D eigenvalue weighted by Crippen LogP contribution is 2.11. The third-order valence-corrected chi connectivity index (χ3v) is 2.77. The number of carbonyl (C=O) groups is 1. The van der Waals surface area contributed by atoms with Gasteiger partial charge in [-0.1, -0.05) is 50.9 Å². The quantitative estimate of drug-likeness (QED) is 0.718. The number of hydrogen-bond donors (Lipinski definition) is 0. The molecule has 0 N–H and O–H groups in total. The summed E-state index contributed by atoms with van der Waals surface area (Å²) in [7, 11) is 0. The summed E-state index contributed by atoms with van der Waals surface area (Å²) < 4.78 is 0. The number of halogens is 1. The van der Waals surface area contributed by atoms with Gasteiger partial charge in [0, 0.05) is 17.9 Å². The standard InChI is InChI=1S/C10H13Cl.C5H10O/c1-2-3-4-9-5-7-10(11)8-6-9;1-3-5(6)4-2/h5-8H,2-4H2,1H3;3-4H2,1-2H3. The van der Waals surface area contributed by atoms with Crippen molar-refractivity contribution in [2.45, 2.75) is 52.9 Å². The van der Waals surface area contributed by atoms with Gasteiger partial charge in [-0.15, -0.1) is 0 Å². The van der Waals surface area contributed by atoms with Crippen molar-refractivity contribution in [3.05, 3.63) is 34.9 Å². The minimum Gasteiger partial charge on any atom is -0.300 e. The molecule has 0 radical (unpaired) electrons. The van der Waals surface area contributed by atoms with E-state index in [1.807, 2.05) is 26.0 Å². The van der Waals surface area contributed by atoms with Gasteiger partial charge in [-0.3, -0.25) is 4.79 Å². The van der Waals surface area contributed by atoms with Crippen LogP contribution in [-0.4, -0.2) is 5.78 Å². The molecule has 0 aliphatic heterocycles. The highest BCUT2D eigenvalue weighted by molar-refractivity contribution is 6.30. The smallest absolute Gasteiger partial charge is 0.132 e. The Morgan fingerprint density at radius 2 is 1.59 bits per heavy atom. The van der Waals surface area contributed by atoms with E-state index in [4.69, 9.17) is 11.6 Å². The molecule has 0 saturated heterocycles. The first-order valence-corrected chi connectivity index (χ1v) is 6.77. The number of carbonyl (C=O) groups excluding carboxylic acids is 1. The first-order chi connectivity index (χ1) is 8.13. The fraction of sp³-hybridized carbons (Fsp3) is 0.533. The molecule has 0 aliphatic carbocycles. The Hall–Kier alpha value is -0.820. The van der Waals surface area contributed by atoms with Crippen LogP contribution in [0.25, 0.3) is 0 Å². The predicted octanol–water partition coefficient (Wildman–Crippen LogP) is 5.06. The number of Topliss-reactive ketones (excluding diaryl/α,β-unsaturated/α-hetero) is 1. The van der Waals surface area contributed by atoms with Gasteiger partial charge in [0.25, 0.3) is 0 Å². The molecule has 96 valence electrons. The largest absolute Gasteiger partial charge is 0.300 e. The van der Waals surface area contributed by atoms with Crippen molar-refractivity contribution in [3.63, 3.8) is 0 Å². The second kappa shape index (κ2) is 10.3. The summed E-state index contributed by atoms with van der Waals surface area (Å²) in [6.07, 6.45) is 5.07. The second-order valence-electron chi connectivity index (χ2n) is 3.98. The van der Waals surface area contributed by atoms with Crippen LogP contribution in [0.3, 0.4) is 0 Å². The lowest BCUT2D eigenvalue weighted by molar-refractivity contribution is -0.118. The van der Waals surface area contributed by atoms with Crippen molar-refractivity contribution in [2.75, 3.05) is 0 Å². The molecule has 0 saturated carbocycles. The van der Waals surface area contributed by atoms with E-state index in [-0.39, 0.29) is 0 Å². The predicted molar refractivity (Wildman–Crippen MR) is 75.7 cm³/mol. The van der Waals surface area contributed by atoms with E-state index < -0.39 is 0 Å². The Labute approximate surface area is 110 Å². The SMILES string of the molecule is CCC(=O)CC.CCCCc1ccc(Cl)cc1. The first kappa shape index (κ1) is 16.2. The molecule has 0 heterocycles. The van der Waals surface area contributed by atoms with Gasteiger partial charge in [-0.05, 0) is 30.5 Å². The summed E-state index contributed by atoms with van der Waals surface area (Å²) >= 11 is 5.75. The van der Waals surface area contributed by atoms with E-state index in [1.165, 1.54) is 24.8 Å². The summed E-state index contributed by atoms with van der Waals surface area (Å²) in [5.74, 6) is 0.343. The third-order valence-electron chi connectivity index (χ3n) is 2.52. The van der Waals surface area contributed by atoms with Crippen LogP contribution in [0.5, 0.6) is 0 Å². The van der Waals surface area contributed by atoms with E-state index in [1.54, 1.807) is 0 Å². The lowest BCUT2D eigenvalue weighted by Gasteiger charge is -1.98. The van der Waals surface area contributed by atoms with Crippen molar-refractivity contribution >= 4 is 17.4 Å². The molecule has 0 unspecified atom stereocenters. The molecule has 0 amide bonds. The molecule has 1 aromatic rings. The molecular formula is C15H23ClO. The minimum absolute atomic E-state index is 0.343. The van der Waals surface area contributed by atoms with Crippen molar-refractivity contribution in [1.29, 1.82) is 0 Å². The number of aryl methyl sites for hydroxylation is 1. The van der Waals surface area contributed by atoms with Crippen LogP contribution in [0.15, 0.2) is 24.3 Å². The van der Waals surface area contributed by atoms with E-state index in [2.05, 4.69) is 19.1 Å². The molecular weight excluding hydrogens is 232 g/mol. The maximum atomic E-state index is 10.2. The average Bonchev–Trinajstić information content (AvgIpc) is 2.38. The molecule has 17 heavy (non-hydrogen) atoms. The minimum atomic E-state index is 0.343. The Bertz CT molecular complexity index is 297. The summed E-state index contributed by atoms with van der Waals surface area (Å²) in [4.78, 5) is 10.2. The van der Waals surface area contributed by atoms with Gasteiger partial charge in [0.1, 0.15) is 5.78 Å². The Balaban J connectivity index is 0.000000366. The number of benzene rings is 1. The third kappa shape index (κ3) is 8.93. The second-order valence-corrected chi connectivity index (χ2v) is 4.41. The van der Waals surface area contributed by atoms with Gasteiger partial charge in [0.2, 0.25) is 0 Å². The van der Waals surface area contributed by atoms with Crippen LogP contribution in [0, 0.1) is 0 Å². The van der Waals surface area contributed by atoms with Gasteiger partial charge >= 0.3 is 0 Å². The van der Waals surface area contributed by atoms with E-state index >= 15 is 0 Å². The number of rotatable bonds is 5. The van der Waals surface area contributed by atoms with Crippen molar-refractivity contribution < 1.29 is 4.79 Å². The van der Waals surface area contributed by atoms with Gasteiger partial charge < -0.3 is 0 Å². The van der Waals surface area contributed by atoms with Crippen LogP contribution in [0.1, 0.15) is 52.0 Å². The maximum absolute atomic E-state index is 10.2. The lowest BCUT2D eigenvalue weighted by atomic mass is 10.1.